The first kappa shape index (κ1) is 15.1. The molecule has 0 atom stereocenters. The monoisotopic (exact) mass is 313 g/mol. The van der Waals surface area contributed by atoms with Crippen LogP contribution in [0.4, 0.5) is 5.82 Å². The van der Waals surface area contributed by atoms with Crippen LogP contribution in [0.2, 0.25) is 0 Å². The molecule has 116 valence electrons. The number of hydrogen-bond donors (Lipinski definition) is 1. The molecule has 0 radical (unpaired) electrons. The van der Waals surface area contributed by atoms with Crippen LogP contribution in [0.15, 0.2) is 29.6 Å². The Hall–Kier alpha value is -1.81. The van der Waals surface area contributed by atoms with Crippen molar-refractivity contribution in [2.45, 2.75) is 46.0 Å². The van der Waals surface area contributed by atoms with Crippen LogP contribution in [-0.4, -0.2) is 9.38 Å². The average Bonchev–Trinajstić information content (AvgIpc) is 2.99. The summed E-state index contributed by atoms with van der Waals surface area (Å²) in [5, 5.41) is 2.13. The Balaban J connectivity index is 2.10. The standard InChI is InChI=1S/C18H23N3S/c1-11(2)15-16(19)21-14(10-22-17(21)20-15)12-6-8-13(9-7-12)18(3,4)5/h6-11H,19H2,1-5H3. The summed E-state index contributed by atoms with van der Waals surface area (Å²) >= 11 is 1.64. The summed E-state index contributed by atoms with van der Waals surface area (Å²) in [6.07, 6.45) is 0. The summed E-state index contributed by atoms with van der Waals surface area (Å²) in [6.45, 7) is 10.9. The molecule has 0 aliphatic rings. The molecule has 2 N–H and O–H groups in total. The van der Waals surface area contributed by atoms with Gasteiger partial charge in [-0.05, 0) is 22.5 Å². The molecule has 0 unspecified atom stereocenters. The Bertz CT molecular complexity index is 801. The van der Waals surface area contributed by atoms with E-state index in [4.69, 9.17) is 5.73 Å². The van der Waals surface area contributed by atoms with Crippen molar-refractivity contribution >= 4 is 22.1 Å². The molecule has 0 saturated heterocycles. The van der Waals surface area contributed by atoms with E-state index >= 15 is 0 Å². The van der Waals surface area contributed by atoms with Crippen molar-refractivity contribution in [1.82, 2.24) is 9.38 Å². The minimum Gasteiger partial charge on any atom is -0.383 e. The van der Waals surface area contributed by atoms with Gasteiger partial charge in [0.15, 0.2) is 4.96 Å². The van der Waals surface area contributed by atoms with Gasteiger partial charge in [-0.2, -0.15) is 0 Å². The highest BCUT2D eigenvalue weighted by atomic mass is 32.1. The van der Waals surface area contributed by atoms with Gasteiger partial charge in [0.1, 0.15) is 5.82 Å². The number of benzene rings is 1. The van der Waals surface area contributed by atoms with Crippen molar-refractivity contribution in [3.63, 3.8) is 0 Å². The van der Waals surface area contributed by atoms with Gasteiger partial charge in [0.05, 0.1) is 11.4 Å². The smallest absolute Gasteiger partial charge is 0.196 e. The molecule has 0 aliphatic carbocycles. The van der Waals surface area contributed by atoms with Crippen molar-refractivity contribution in [3.05, 3.63) is 40.9 Å². The van der Waals surface area contributed by atoms with Gasteiger partial charge >= 0.3 is 0 Å². The van der Waals surface area contributed by atoms with E-state index in [0.717, 1.165) is 22.2 Å². The summed E-state index contributed by atoms with van der Waals surface area (Å²) in [7, 11) is 0. The zero-order valence-corrected chi connectivity index (χ0v) is 14.7. The lowest BCUT2D eigenvalue weighted by molar-refractivity contribution is 0.590. The molecule has 1 aromatic carbocycles. The van der Waals surface area contributed by atoms with E-state index in [-0.39, 0.29) is 5.41 Å². The van der Waals surface area contributed by atoms with E-state index < -0.39 is 0 Å². The SMILES string of the molecule is CC(C)c1nc2scc(-c3ccc(C(C)(C)C)cc3)n2c1N. The zero-order chi connectivity index (χ0) is 16.1. The quantitative estimate of drug-likeness (QED) is 0.718. The van der Waals surface area contributed by atoms with Gasteiger partial charge < -0.3 is 5.73 Å². The van der Waals surface area contributed by atoms with Gasteiger partial charge in [0, 0.05) is 5.38 Å². The molecule has 0 spiro atoms. The van der Waals surface area contributed by atoms with Crippen molar-refractivity contribution in [2.75, 3.05) is 5.73 Å². The highest BCUT2D eigenvalue weighted by Gasteiger charge is 2.18. The Morgan fingerprint density at radius 3 is 2.32 bits per heavy atom. The second-order valence-electron chi connectivity index (χ2n) is 7.10. The summed E-state index contributed by atoms with van der Waals surface area (Å²) in [5.74, 6) is 1.10. The topological polar surface area (TPSA) is 43.3 Å². The number of nitrogens with two attached hydrogens (primary N) is 1. The Morgan fingerprint density at radius 2 is 1.77 bits per heavy atom. The van der Waals surface area contributed by atoms with Crippen LogP contribution in [0.3, 0.4) is 0 Å². The molecule has 0 bridgehead atoms. The van der Waals surface area contributed by atoms with Crippen LogP contribution >= 0.6 is 11.3 Å². The molecule has 22 heavy (non-hydrogen) atoms. The summed E-state index contributed by atoms with van der Waals surface area (Å²) in [6, 6.07) is 8.76. The average molecular weight is 313 g/mol. The van der Waals surface area contributed by atoms with Crippen molar-refractivity contribution in [3.8, 4) is 11.3 Å². The highest BCUT2D eigenvalue weighted by Crippen LogP contribution is 2.33. The Labute approximate surface area is 135 Å². The van der Waals surface area contributed by atoms with E-state index in [1.165, 1.54) is 11.1 Å². The van der Waals surface area contributed by atoms with Gasteiger partial charge in [-0.25, -0.2) is 4.98 Å². The summed E-state index contributed by atoms with van der Waals surface area (Å²) in [5.41, 5.74) is 11.1. The molecule has 0 fully saturated rings. The normalized spacial score (nSPS) is 12.5. The Morgan fingerprint density at radius 1 is 1.14 bits per heavy atom. The first-order valence-corrected chi connectivity index (χ1v) is 8.53. The van der Waals surface area contributed by atoms with Crippen LogP contribution < -0.4 is 5.73 Å². The number of hydrogen-bond acceptors (Lipinski definition) is 3. The van der Waals surface area contributed by atoms with E-state index in [1.54, 1.807) is 11.3 Å². The molecule has 0 amide bonds. The molecule has 3 nitrogen and oxygen atoms in total. The predicted octanol–water partition coefficient (Wildman–Crippen LogP) is 5.07. The third-order valence-electron chi connectivity index (χ3n) is 4.02. The molecule has 2 heterocycles. The maximum absolute atomic E-state index is 6.33. The number of rotatable bonds is 2. The maximum atomic E-state index is 6.33. The third kappa shape index (κ3) is 2.41. The maximum Gasteiger partial charge on any atom is 0.196 e. The number of fused-ring (bicyclic) bond motifs is 1. The lowest BCUT2D eigenvalue weighted by Gasteiger charge is -2.19. The van der Waals surface area contributed by atoms with Gasteiger partial charge in [-0.1, -0.05) is 58.9 Å². The first-order chi connectivity index (χ1) is 10.3. The third-order valence-corrected chi connectivity index (χ3v) is 4.85. The van der Waals surface area contributed by atoms with E-state index in [9.17, 15) is 0 Å². The van der Waals surface area contributed by atoms with E-state index in [2.05, 4.69) is 73.6 Å². The molecule has 2 aromatic heterocycles. The largest absolute Gasteiger partial charge is 0.383 e. The fourth-order valence-corrected chi connectivity index (χ4v) is 3.58. The molecular weight excluding hydrogens is 290 g/mol. The highest BCUT2D eigenvalue weighted by molar-refractivity contribution is 7.15. The minimum absolute atomic E-state index is 0.168. The lowest BCUT2D eigenvalue weighted by atomic mass is 9.86. The number of aromatic nitrogens is 2. The van der Waals surface area contributed by atoms with Crippen LogP contribution in [0, 0.1) is 0 Å². The molecule has 3 aromatic rings. The molecular formula is C18H23N3S. The van der Waals surface area contributed by atoms with Crippen molar-refractivity contribution in [1.29, 1.82) is 0 Å². The number of anilines is 1. The molecule has 0 aliphatic heterocycles. The second-order valence-corrected chi connectivity index (χ2v) is 7.94. The number of thiazole rings is 1. The van der Waals surface area contributed by atoms with Gasteiger partial charge in [-0.3, -0.25) is 4.40 Å². The van der Waals surface area contributed by atoms with Gasteiger partial charge in [0.25, 0.3) is 0 Å². The predicted molar refractivity (Wildman–Crippen MR) is 95.7 cm³/mol. The van der Waals surface area contributed by atoms with Gasteiger partial charge in [0.2, 0.25) is 0 Å². The number of nitrogens with zero attached hydrogens (tertiary/aromatic N) is 2. The fourth-order valence-electron chi connectivity index (χ4n) is 2.66. The lowest BCUT2D eigenvalue weighted by Crippen LogP contribution is -2.10. The van der Waals surface area contributed by atoms with Gasteiger partial charge in [-0.15, -0.1) is 11.3 Å². The molecule has 4 heteroatoms. The number of imidazole rings is 1. The van der Waals surface area contributed by atoms with Crippen molar-refractivity contribution < 1.29 is 0 Å². The van der Waals surface area contributed by atoms with E-state index in [1.807, 2.05) is 0 Å². The van der Waals surface area contributed by atoms with Crippen molar-refractivity contribution in [2.24, 2.45) is 0 Å². The zero-order valence-electron chi connectivity index (χ0n) is 13.8. The van der Waals surface area contributed by atoms with Crippen LogP contribution in [-0.2, 0) is 5.41 Å². The van der Waals surface area contributed by atoms with Crippen LogP contribution in [0.1, 0.15) is 51.8 Å². The minimum atomic E-state index is 0.168. The van der Waals surface area contributed by atoms with Crippen LogP contribution in [0.5, 0.6) is 0 Å². The summed E-state index contributed by atoms with van der Waals surface area (Å²) in [4.78, 5) is 5.64. The number of nitrogen functional groups attached to an aromatic ring is 1. The second kappa shape index (κ2) is 5.13. The summed E-state index contributed by atoms with van der Waals surface area (Å²) < 4.78 is 2.08. The van der Waals surface area contributed by atoms with E-state index in [0.29, 0.717) is 5.92 Å². The van der Waals surface area contributed by atoms with Crippen LogP contribution in [0.25, 0.3) is 16.2 Å². The molecule has 3 rings (SSSR count). The first-order valence-electron chi connectivity index (χ1n) is 7.65. The molecule has 0 saturated carbocycles. The Kier molecular flexibility index (Phi) is 3.52. The fraction of sp³-hybridized carbons (Fsp3) is 0.389.